The summed E-state index contributed by atoms with van der Waals surface area (Å²) in [6.07, 6.45) is 6.98. The van der Waals surface area contributed by atoms with Gasteiger partial charge in [-0.25, -0.2) is 9.97 Å². The van der Waals surface area contributed by atoms with Crippen molar-refractivity contribution in [3.8, 4) is 17.1 Å². The molecule has 3 aromatic rings. The number of carbonyl (C=O) groups excluding carboxylic acids is 1. The molecule has 2 fully saturated rings. The van der Waals surface area contributed by atoms with Crippen molar-refractivity contribution in [2.45, 2.75) is 38.3 Å². The molecule has 3 aliphatic heterocycles. The number of nitrogens with one attached hydrogen (secondary N) is 1. The van der Waals surface area contributed by atoms with Gasteiger partial charge in [-0.3, -0.25) is 14.4 Å². The van der Waals surface area contributed by atoms with Gasteiger partial charge >= 0.3 is 0 Å². The normalized spacial score (nSPS) is 18.3. The van der Waals surface area contributed by atoms with Crippen molar-refractivity contribution in [2.75, 3.05) is 31.5 Å². The summed E-state index contributed by atoms with van der Waals surface area (Å²) >= 11 is 0. The number of ether oxygens (including phenoxy) is 1. The summed E-state index contributed by atoms with van der Waals surface area (Å²) in [5.74, 6) is 2.17. The third-order valence-electron chi connectivity index (χ3n) is 7.79. The SMILES string of the molecule is C=CC(=O)N1CC(N2CCC(c3cc(C)c4c(c3)Nc3ncnc(-c5ccnn5C)c3CO4)CC2)C1. The van der Waals surface area contributed by atoms with Gasteiger partial charge < -0.3 is 15.0 Å². The lowest BCUT2D eigenvalue weighted by atomic mass is 9.87. The average Bonchev–Trinajstić information content (AvgIpc) is 3.18. The topological polar surface area (TPSA) is 88.4 Å². The lowest BCUT2D eigenvalue weighted by molar-refractivity contribution is -0.133. The molecule has 9 heteroatoms. The minimum Gasteiger partial charge on any atom is -0.486 e. The maximum atomic E-state index is 11.8. The molecule has 0 saturated carbocycles. The van der Waals surface area contributed by atoms with Gasteiger partial charge in [0, 0.05) is 32.4 Å². The Bertz CT molecular complexity index is 1320. The zero-order valence-electron chi connectivity index (χ0n) is 20.8. The fourth-order valence-electron chi connectivity index (χ4n) is 5.67. The van der Waals surface area contributed by atoms with Crippen LogP contribution in [0.25, 0.3) is 11.4 Å². The van der Waals surface area contributed by atoms with E-state index in [0.717, 1.165) is 78.8 Å². The van der Waals surface area contributed by atoms with E-state index in [1.54, 1.807) is 12.5 Å². The van der Waals surface area contributed by atoms with E-state index in [1.165, 1.54) is 11.6 Å². The van der Waals surface area contributed by atoms with Crippen LogP contribution in [-0.4, -0.2) is 67.7 Å². The largest absolute Gasteiger partial charge is 0.486 e. The lowest BCUT2D eigenvalue weighted by Gasteiger charge is -2.47. The number of piperidine rings is 1. The van der Waals surface area contributed by atoms with Gasteiger partial charge in [0.25, 0.3) is 0 Å². The number of hydrogen-bond acceptors (Lipinski definition) is 7. The van der Waals surface area contributed by atoms with Gasteiger partial charge in [0.05, 0.1) is 16.9 Å². The van der Waals surface area contributed by atoms with E-state index in [4.69, 9.17) is 4.74 Å². The molecule has 2 aromatic heterocycles. The first-order chi connectivity index (χ1) is 17.5. The van der Waals surface area contributed by atoms with Crippen molar-refractivity contribution in [1.29, 1.82) is 0 Å². The fraction of sp³-hybridized carbons (Fsp3) is 0.407. The molecule has 186 valence electrons. The third kappa shape index (κ3) is 3.93. The second kappa shape index (κ2) is 9.05. The number of rotatable bonds is 4. The molecule has 1 aromatic carbocycles. The Hall–Kier alpha value is -3.72. The molecule has 0 aliphatic carbocycles. The van der Waals surface area contributed by atoms with Crippen LogP contribution in [0.15, 0.2) is 43.4 Å². The summed E-state index contributed by atoms with van der Waals surface area (Å²) in [5, 5.41) is 7.84. The molecule has 0 spiro atoms. The highest BCUT2D eigenvalue weighted by Crippen LogP contribution is 2.41. The number of aryl methyl sites for hydroxylation is 2. The molecule has 2 saturated heterocycles. The first-order valence-electron chi connectivity index (χ1n) is 12.5. The van der Waals surface area contributed by atoms with Crippen LogP contribution >= 0.6 is 0 Å². The van der Waals surface area contributed by atoms with Crippen molar-refractivity contribution in [3.05, 3.63) is 60.1 Å². The highest BCUT2D eigenvalue weighted by molar-refractivity contribution is 5.87. The zero-order chi connectivity index (χ0) is 24.8. The van der Waals surface area contributed by atoms with Gasteiger partial charge in [0.1, 0.15) is 30.2 Å². The quantitative estimate of drug-likeness (QED) is 0.567. The van der Waals surface area contributed by atoms with Crippen molar-refractivity contribution in [2.24, 2.45) is 7.05 Å². The minimum atomic E-state index is 0.0376. The Morgan fingerprint density at radius 2 is 2.03 bits per heavy atom. The number of carbonyl (C=O) groups is 1. The molecule has 0 bridgehead atoms. The maximum absolute atomic E-state index is 11.8. The van der Waals surface area contributed by atoms with Gasteiger partial charge in [-0.15, -0.1) is 0 Å². The lowest BCUT2D eigenvalue weighted by Crippen LogP contribution is -2.61. The zero-order valence-corrected chi connectivity index (χ0v) is 20.8. The Morgan fingerprint density at radius 3 is 2.75 bits per heavy atom. The van der Waals surface area contributed by atoms with Crippen LogP contribution in [0, 0.1) is 6.92 Å². The molecule has 1 N–H and O–H groups in total. The van der Waals surface area contributed by atoms with Crippen LogP contribution in [-0.2, 0) is 18.4 Å². The molecule has 9 nitrogen and oxygen atoms in total. The summed E-state index contributed by atoms with van der Waals surface area (Å²) < 4.78 is 8.13. The maximum Gasteiger partial charge on any atom is 0.246 e. The Labute approximate surface area is 210 Å². The highest BCUT2D eigenvalue weighted by Gasteiger charge is 2.36. The molecular formula is C27H31N7O2. The number of fused-ring (bicyclic) bond motifs is 2. The third-order valence-corrected chi connectivity index (χ3v) is 7.79. The van der Waals surface area contributed by atoms with Gasteiger partial charge in [0.15, 0.2) is 0 Å². The van der Waals surface area contributed by atoms with Crippen LogP contribution in [0.4, 0.5) is 11.5 Å². The van der Waals surface area contributed by atoms with Crippen LogP contribution in [0.2, 0.25) is 0 Å². The summed E-state index contributed by atoms with van der Waals surface area (Å²) in [4.78, 5) is 25.3. The van der Waals surface area contributed by atoms with E-state index in [1.807, 2.05) is 22.7 Å². The second-order valence-electron chi connectivity index (χ2n) is 9.93. The monoisotopic (exact) mass is 485 g/mol. The van der Waals surface area contributed by atoms with Gasteiger partial charge in [-0.1, -0.05) is 12.6 Å². The van der Waals surface area contributed by atoms with E-state index in [0.29, 0.717) is 18.6 Å². The number of likely N-dealkylation sites (tertiary alicyclic amines) is 2. The van der Waals surface area contributed by atoms with E-state index >= 15 is 0 Å². The van der Waals surface area contributed by atoms with Crippen LogP contribution in [0.1, 0.15) is 35.4 Å². The summed E-state index contributed by atoms with van der Waals surface area (Å²) in [6, 6.07) is 6.94. The van der Waals surface area contributed by atoms with E-state index < -0.39 is 0 Å². The number of hydrogen-bond donors (Lipinski definition) is 1. The van der Waals surface area contributed by atoms with Gasteiger partial charge in [-0.2, -0.15) is 5.10 Å². The molecule has 3 aliphatic rings. The first-order valence-corrected chi connectivity index (χ1v) is 12.5. The Morgan fingerprint density at radius 1 is 1.22 bits per heavy atom. The molecule has 0 unspecified atom stereocenters. The molecule has 1 amide bonds. The molecule has 0 radical (unpaired) electrons. The van der Waals surface area contributed by atoms with E-state index in [2.05, 4.69) is 50.9 Å². The molecule has 5 heterocycles. The summed E-state index contributed by atoms with van der Waals surface area (Å²) in [7, 11) is 1.91. The number of amides is 1. The Balaban J connectivity index is 1.19. The summed E-state index contributed by atoms with van der Waals surface area (Å²) in [5.41, 5.74) is 6.10. The van der Waals surface area contributed by atoms with Crippen molar-refractivity contribution in [1.82, 2.24) is 29.5 Å². The van der Waals surface area contributed by atoms with Gasteiger partial charge in [-0.05, 0) is 68.1 Å². The molecule has 0 atom stereocenters. The Kier molecular flexibility index (Phi) is 5.72. The minimum absolute atomic E-state index is 0.0376. The van der Waals surface area contributed by atoms with Crippen molar-refractivity contribution < 1.29 is 9.53 Å². The number of aromatic nitrogens is 4. The van der Waals surface area contributed by atoms with E-state index in [-0.39, 0.29) is 5.91 Å². The molecule has 36 heavy (non-hydrogen) atoms. The first kappa shape index (κ1) is 22.7. The van der Waals surface area contributed by atoms with Crippen LogP contribution in [0.3, 0.4) is 0 Å². The molecule has 6 rings (SSSR count). The smallest absolute Gasteiger partial charge is 0.246 e. The number of nitrogens with zero attached hydrogens (tertiary/aromatic N) is 6. The predicted molar refractivity (Wildman–Crippen MR) is 137 cm³/mol. The number of anilines is 2. The van der Waals surface area contributed by atoms with Gasteiger partial charge in [0.2, 0.25) is 5.91 Å². The van der Waals surface area contributed by atoms with Crippen molar-refractivity contribution in [3.63, 3.8) is 0 Å². The molecular weight excluding hydrogens is 454 g/mol. The predicted octanol–water partition coefficient (Wildman–Crippen LogP) is 3.40. The second-order valence-corrected chi connectivity index (χ2v) is 9.93. The standard InChI is InChI=1S/C27H31N7O2/c1-4-24(35)34-13-20(14-34)33-9-6-18(7-10-33)19-11-17(2)26-22(12-19)31-27-21(15-36-26)25(28-16-29-27)23-5-8-30-32(23)3/h4-5,8,11-12,16,18,20H,1,6-7,9-10,13-15H2,2-3H3,(H,28,29,31). The highest BCUT2D eigenvalue weighted by atomic mass is 16.5. The fourth-order valence-corrected chi connectivity index (χ4v) is 5.67. The summed E-state index contributed by atoms with van der Waals surface area (Å²) in [6.45, 7) is 9.83. The van der Waals surface area contributed by atoms with Crippen LogP contribution < -0.4 is 10.1 Å². The average molecular weight is 486 g/mol. The van der Waals surface area contributed by atoms with Crippen molar-refractivity contribution >= 4 is 17.4 Å². The van der Waals surface area contributed by atoms with E-state index in [9.17, 15) is 4.79 Å². The number of benzene rings is 1. The van der Waals surface area contributed by atoms with Crippen LogP contribution in [0.5, 0.6) is 5.75 Å².